The molecule has 0 aromatic carbocycles. The molecule has 5 heavy (non-hydrogen) atoms. The van der Waals surface area contributed by atoms with Crippen molar-refractivity contribution in [3.8, 4) is 0 Å². The first-order chi connectivity index (χ1) is 1.00. The smallest absolute Gasteiger partial charge is 1.00 e. The Morgan fingerprint density at radius 1 is 0.800 bits per heavy atom. The zero-order valence-electron chi connectivity index (χ0n) is 3.46. The van der Waals surface area contributed by atoms with Crippen LogP contribution < -0.4 is 24.8 Å². The maximum absolute atomic E-state index is 2.00. The minimum atomic E-state index is 0. The molecule has 0 aliphatic rings. The van der Waals surface area contributed by atoms with Crippen LogP contribution in [0, 0.1) is 0 Å². The number of hydrogen-bond acceptors (Lipinski definition) is 0. The van der Waals surface area contributed by atoms with Gasteiger partial charge in [-0.05, 0) is 0 Å². The summed E-state index contributed by atoms with van der Waals surface area (Å²) >= 11 is 0. The Labute approximate surface area is 61.7 Å². The maximum Gasteiger partial charge on any atom is 2.00 e. The van der Waals surface area contributed by atoms with Gasteiger partial charge in [-0.2, -0.15) is 0 Å². The molecule has 0 N–H and O–H groups in total. The van der Waals surface area contributed by atoms with Crippen LogP contribution in [0.2, 0.25) is 0 Å². The van der Waals surface area contributed by atoms with E-state index in [2.05, 4.69) is 0 Å². The van der Waals surface area contributed by atoms with E-state index in [1.54, 1.807) is 0 Å². The Bertz CT molecular complexity index is 7.61. The van der Waals surface area contributed by atoms with Gasteiger partial charge in [0.25, 0.3) is 0 Å². The van der Waals surface area contributed by atoms with Crippen LogP contribution in [0.4, 0.5) is 0 Å². The van der Waals surface area contributed by atoms with Crippen molar-refractivity contribution in [1.29, 1.82) is 0 Å². The molecule has 0 rings (SSSR count). The average molecular weight is 125 g/mol. The summed E-state index contributed by atoms with van der Waals surface area (Å²) in [4.78, 5) is 0. The number of hydrogen-bond donors (Lipinski definition) is 0. The van der Waals surface area contributed by atoms with Crippen molar-refractivity contribution < 1.29 is 24.8 Å². The van der Waals surface area contributed by atoms with Gasteiger partial charge in [0, 0.05) is 0 Å². The summed E-state index contributed by atoms with van der Waals surface area (Å²) in [6.07, 6.45) is 0. The predicted molar refractivity (Wildman–Crippen MR) is 17.1 cm³/mol. The van der Waals surface area contributed by atoms with Gasteiger partial charge >= 0.3 is 23.1 Å². The fourth-order valence-corrected chi connectivity index (χ4v) is 0. The molecule has 0 aliphatic heterocycles. The van der Waals surface area contributed by atoms with Crippen molar-refractivity contribution in [1.82, 2.24) is 0 Å². The van der Waals surface area contributed by atoms with E-state index in [1.807, 2.05) is 13.8 Å². The van der Waals surface area contributed by atoms with Crippen molar-refractivity contribution in [2.75, 3.05) is 0 Å². The first kappa shape index (κ1) is 33.0. The first-order valence-electron chi connectivity index (χ1n) is 1.00. The Kier molecular flexibility index (Phi) is 367. The number of halogens is 2. The molecule has 0 bridgehead atoms. The van der Waals surface area contributed by atoms with E-state index in [1.165, 1.54) is 0 Å². The zero-order valence-corrected chi connectivity index (χ0v) is 6.39. The largest absolute Gasteiger partial charge is 2.00 e. The van der Waals surface area contributed by atoms with Gasteiger partial charge in [-0.3, -0.25) is 0 Å². The van der Waals surface area contributed by atoms with Crippen molar-refractivity contribution in [3.63, 3.8) is 0 Å². The van der Waals surface area contributed by atoms with Gasteiger partial charge in [0.15, 0.2) is 0 Å². The summed E-state index contributed by atoms with van der Waals surface area (Å²) in [5, 5.41) is 0. The van der Waals surface area contributed by atoms with E-state index in [4.69, 9.17) is 0 Å². The summed E-state index contributed by atoms with van der Waals surface area (Å²) in [5.41, 5.74) is 0. The standard InChI is InChI=1S/C2H6.2ClH.Mg/c1-2;;;/h1-2H3;2*1H;/q;;;+2/p-2. The molecule has 0 saturated carbocycles. The molecule has 0 fully saturated rings. The number of rotatable bonds is 0. The second-order valence-electron chi connectivity index (χ2n) is 0. The average Bonchev–Trinajstić information content (AvgIpc) is 1.00. The first-order valence-corrected chi connectivity index (χ1v) is 1.00. The van der Waals surface area contributed by atoms with E-state index in [-0.39, 0.29) is 47.9 Å². The Morgan fingerprint density at radius 2 is 0.800 bits per heavy atom. The molecular formula is C2H6Cl2Mg. The molecule has 0 aliphatic carbocycles. The molecule has 0 nitrogen and oxygen atoms in total. The van der Waals surface area contributed by atoms with Crippen LogP contribution in [-0.4, -0.2) is 23.1 Å². The van der Waals surface area contributed by atoms with Gasteiger partial charge in [-0.25, -0.2) is 0 Å². The molecule has 30 valence electrons. The van der Waals surface area contributed by atoms with Crippen LogP contribution in [0.5, 0.6) is 0 Å². The van der Waals surface area contributed by atoms with Crippen LogP contribution in [0.15, 0.2) is 0 Å². The Hall–Kier alpha value is 1.35. The van der Waals surface area contributed by atoms with Crippen molar-refractivity contribution in [2.45, 2.75) is 13.8 Å². The monoisotopic (exact) mass is 124 g/mol. The molecule has 0 atom stereocenters. The quantitative estimate of drug-likeness (QED) is 0.284. The molecule has 0 aromatic rings. The molecule has 0 amide bonds. The molecule has 0 aromatic heterocycles. The summed E-state index contributed by atoms with van der Waals surface area (Å²) in [6, 6.07) is 0. The molecule has 0 spiro atoms. The summed E-state index contributed by atoms with van der Waals surface area (Å²) in [6.45, 7) is 4.00. The fourth-order valence-electron chi connectivity index (χ4n) is 0. The van der Waals surface area contributed by atoms with Gasteiger partial charge < -0.3 is 24.8 Å². The van der Waals surface area contributed by atoms with Crippen molar-refractivity contribution in [2.24, 2.45) is 0 Å². The van der Waals surface area contributed by atoms with Crippen LogP contribution >= 0.6 is 0 Å². The van der Waals surface area contributed by atoms with E-state index in [0.717, 1.165) is 0 Å². The normalized spacial score (nSPS) is 1.20. The van der Waals surface area contributed by atoms with Crippen molar-refractivity contribution >= 4 is 23.1 Å². The SMILES string of the molecule is CC.[Cl-].[Cl-].[Mg+2]. The summed E-state index contributed by atoms with van der Waals surface area (Å²) < 4.78 is 0. The molecule has 0 saturated heterocycles. The van der Waals surface area contributed by atoms with Crippen LogP contribution in [-0.2, 0) is 0 Å². The second-order valence-corrected chi connectivity index (χ2v) is 0. The van der Waals surface area contributed by atoms with E-state index >= 15 is 0 Å². The van der Waals surface area contributed by atoms with E-state index < -0.39 is 0 Å². The third-order valence-electron chi connectivity index (χ3n) is 0. The molecule has 0 unspecified atom stereocenters. The Balaban J connectivity index is -0.00000000167. The third-order valence-corrected chi connectivity index (χ3v) is 0. The van der Waals surface area contributed by atoms with Gasteiger partial charge in [0.05, 0.1) is 0 Å². The third kappa shape index (κ3) is 33.0. The van der Waals surface area contributed by atoms with E-state index in [9.17, 15) is 0 Å². The molecule has 0 heterocycles. The van der Waals surface area contributed by atoms with Gasteiger partial charge in [-0.15, -0.1) is 0 Å². The van der Waals surface area contributed by atoms with Crippen LogP contribution in [0.1, 0.15) is 13.8 Å². The van der Waals surface area contributed by atoms with Gasteiger partial charge in [-0.1, -0.05) is 13.8 Å². The topological polar surface area (TPSA) is 0 Å². The molecule has 3 heteroatoms. The molecular weight excluding hydrogens is 119 g/mol. The van der Waals surface area contributed by atoms with Gasteiger partial charge in [0.1, 0.15) is 0 Å². The predicted octanol–water partition coefficient (Wildman–Crippen LogP) is -5.35. The summed E-state index contributed by atoms with van der Waals surface area (Å²) in [7, 11) is 0. The van der Waals surface area contributed by atoms with Gasteiger partial charge in [0.2, 0.25) is 0 Å². The minimum Gasteiger partial charge on any atom is -1.00 e. The maximum atomic E-state index is 2.00. The minimum absolute atomic E-state index is 0. The van der Waals surface area contributed by atoms with Crippen LogP contribution in [0.25, 0.3) is 0 Å². The van der Waals surface area contributed by atoms with Crippen molar-refractivity contribution in [3.05, 3.63) is 0 Å². The fraction of sp³-hybridized carbons (Fsp3) is 1.00. The van der Waals surface area contributed by atoms with Crippen LogP contribution in [0.3, 0.4) is 0 Å². The summed E-state index contributed by atoms with van der Waals surface area (Å²) in [5.74, 6) is 0. The molecule has 0 radical (unpaired) electrons. The zero-order chi connectivity index (χ0) is 2.00. The second kappa shape index (κ2) is 55.7. The Morgan fingerprint density at radius 3 is 0.800 bits per heavy atom. The van der Waals surface area contributed by atoms with E-state index in [0.29, 0.717) is 0 Å².